The lowest BCUT2D eigenvalue weighted by Gasteiger charge is -2.15. The summed E-state index contributed by atoms with van der Waals surface area (Å²) in [6.45, 7) is 1.62. The molecule has 0 fully saturated rings. The van der Waals surface area contributed by atoms with Gasteiger partial charge in [-0.15, -0.1) is 10.2 Å². The smallest absolute Gasteiger partial charge is 0.241 e. The average Bonchev–Trinajstić information content (AvgIpc) is 2.84. The van der Waals surface area contributed by atoms with Gasteiger partial charge in [0.05, 0.1) is 10.9 Å². The number of sulfonamides is 1. The first kappa shape index (κ1) is 15.5. The lowest BCUT2D eigenvalue weighted by molar-refractivity contribution is 0.550. The molecule has 0 amide bonds. The van der Waals surface area contributed by atoms with E-state index in [1.807, 2.05) is 0 Å². The van der Waals surface area contributed by atoms with Crippen LogP contribution in [-0.2, 0) is 23.6 Å². The Morgan fingerprint density at radius 3 is 2.76 bits per heavy atom. The van der Waals surface area contributed by atoms with Gasteiger partial charge in [-0.2, -0.15) is 0 Å². The highest BCUT2D eigenvalue weighted by molar-refractivity contribution is 7.89. The molecule has 1 atom stereocenters. The normalized spacial score (nSPS) is 13.3. The van der Waals surface area contributed by atoms with Crippen LogP contribution in [0, 0.1) is 5.82 Å². The highest BCUT2D eigenvalue weighted by Gasteiger charge is 2.23. The van der Waals surface area contributed by atoms with Crippen LogP contribution in [0.15, 0.2) is 29.4 Å². The minimum Gasteiger partial charge on any atom is -0.326 e. The molecule has 1 heterocycles. The van der Waals surface area contributed by atoms with Gasteiger partial charge >= 0.3 is 0 Å². The maximum Gasteiger partial charge on any atom is 0.241 e. The van der Waals surface area contributed by atoms with Gasteiger partial charge in [-0.3, -0.25) is 0 Å². The standard InChI is InChI=1S/C12H16FN5O2S/c1-8(12-16-15-7-18(12)2)17-21(19,20)11-5-10(13)4-3-9(11)6-14/h3-5,7-8,17H,6,14H2,1-2H3. The summed E-state index contributed by atoms with van der Waals surface area (Å²) in [7, 11) is -2.22. The van der Waals surface area contributed by atoms with Crippen molar-refractivity contribution in [1.29, 1.82) is 0 Å². The van der Waals surface area contributed by atoms with Crippen molar-refractivity contribution in [2.75, 3.05) is 0 Å². The van der Waals surface area contributed by atoms with Gasteiger partial charge in [-0.05, 0) is 24.6 Å². The number of aryl methyl sites for hydroxylation is 1. The van der Waals surface area contributed by atoms with E-state index in [1.54, 1.807) is 18.5 Å². The number of nitrogens with two attached hydrogens (primary N) is 1. The molecule has 0 aliphatic rings. The second-order valence-corrected chi connectivity index (χ2v) is 6.28. The molecule has 1 aromatic heterocycles. The van der Waals surface area contributed by atoms with E-state index in [0.29, 0.717) is 11.4 Å². The summed E-state index contributed by atoms with van der Waals surface area (Å²) in [5, 5.41) is 7.53. The van der Waals surface area contributed by atoms with E-state index in [9.17, 15) is 12.8 Å². The number of hydrogen-bond acceptors (Lipinski definition) is 5. The van der Waals surface area contributed by atoms with Crippen LogP contribution in [0.2, 0.25) is 0 Å². The van der Waals surface area contributed by atoms with Crippen molar-refractivity contribution in [3.8, 4) is 0 Å². The molecule has 9 heteroatoms. The fourth-order valence-corrected chi connectivity index (χ4v) is 3.44. The summed E-state index contributed by atoms with van der Waals surface area (Å²) in [5.41, 5.74) is 5.85. The summed E-state index contributed by atoms with van der Waals surface area (Å²) in [6, 6.07) is 2.87. The lowest BCUT2D eigenvalue weighted by atomic mass is 10.2. The molecule has 7 nitrogen and oxygen atoms in total. The molecule has 2 rings (SSSR count). The molecule has 3 N–H and O–H groups in total. The first-order valence-corrected chi connectivity index (χ1v) is 7.68. The summed E-state index contributed by atoms with van der Waals surface area (Å²) in [4.78, 5) is -0.168. The number of halogens is 1. The van der Waals surface area contributed by atoms with Crippen LogP contribution in [0.25, 0.3) is 0 Å². The maximum absolute atomic E-state index is 13.3. The van der Waals surface area contributed by atoms with E-state index in [1.165, 1.54) is 18.5 Å². The molecular weight excluding hydrogens is 297 g/mol. The predicted octanol–water partition coefficient (Wildman–Crippen LogP) is 0.452. The lowest BCUT2D eigenvalue weighted by Crippen LogP contribution is -2.29. The van der Waals surface area contributed by atoms with Crippen LogP contribution >= 0.6 is 0 Å². The topological polar surface area (TPSA) is 103 Å². The van der Waals surface area contributed by atoms with Gasteiger partial charge in [0.25, 0.3) is 0 Å². The SMILES string of the molecule is CC(NS(=O)(=O)c1cc(F)ccc1CN)c1nncn1C. The van der Waals surface area contributed by atoms with Crippen molar-refractivity contribution in [2.45, 2.75) is 24.4 Å². The Bertz CT molecular complexity index is 744. The van der Waals surface area contributed by atoms with Gasteiger partial charge in [0.15, 0.2) is 0 Å². The van der Waals surface area contributed by atoms with Crippen molar-refractivity contribution >= 4 is 10.0 Å². The Balaban J connectivity index is 2.35. The second kappa shape index (κ2) is 5.88. The minimum absolute atomic E-state index is 0.00509. The predicted molar refractivity (Wildman–Crippen MR) is 74.0 cm³/mol. The molecule has 0 saturated carbocycles. The van der Waals surface area contributed by atoms with Gasteiger partial charge in [0.2, 0.25) is 10.0 Å². The number of aromatic nitrogens is 3. The van der Waals surface area contributed by atoms with Crippen LogP contribution in [0.1, 0.15) is 24.4 Å². The maximum atomic E-state index is 13.3. The Morgan fingerprint density at radius 2 is 2.19 bits per heavy atom. The largest absolute Gasteiger partial charge is 0.326 e. The van der Waals surface area contributed by atoms with Gasteiger partial charge in [-0.1, -0.05) is 6.07 Å². The zero-order chi connectivity index (χ0) is 15.6. The highest BCUT2D eigenvalue weighted by Crippen LogP contribution is 2.19. The minimum atomic E-state index is -3.92. The number of rotatable bonds is 5. The Hall–Kier alpha value is -1.84. The summed E-state index contributed by atoms with van der Waals surface area (Å²) in [6.07, 6.45) is 1.47. The van der Waals surface area contributed by atoms with Crippen molar-refractivity contribution in [3.63, 3.8) is 0 Å². The van der Waals surface area contributed by atoms with Crippen molar-refractivity contribution in [3.05, 3.63) is 41.7 Å². The molecule has 1 unspecified atom stereocenters. The Kier molecular flexibility index (Phi) is 4.35. The van der Waals surface area contributed by atoms with Gasteiger partial charge in [0.1, 0.15) is 18.0 Å². The number of hydrogen-bond donors (Lipinski definition) is 2. The van der Waals surface area contributed by atoms with Crippen LogP contribution in [-0.4, -0.2) is 23.2 Å². The van der Waals surface area contributed by atoms with E-state index in [-0.39, 0.29) is 11.4 Å². The highest BCUT2D eigenvalue weighted by atomic mass is 32.2. The molecule has 2 aromatic rings. The van der Waals surface area contributed by atoms with Crippen LogP contribution in [0.5, 0.6) is 0 Å². The Labute approximate surface area is 122 Å². The van der Waals surface area contributed by atoms with E-state index < -0.39 is 21.9 Å². The third-order valence-corrected chi connectivity index (χ3v) is 4.63. The van der Waals surface area contributed by atoms with Crippen LogP contribution in [0.4, 0.5) is 4.39 Å². The molecule has 0 aliphatic carbocycles. The quantitative estimate of drug-likeness (QED) is 0.834. The van der Waals surface area contributed by atoms with Gasteiger partial charge < -0.3 is 10.3 Å². The van der Waals surface area contributed by atoms with Crippen molar-refractivity contribution in [2.24, 2.45) is 12.8 Å². The fourth-order valence-electron chi connectivity index (χ4n) is 1.98. The van der Waals surface area contributed by atoms with Crippen LogP contribution in [0.3, 0.4) is 0 Å². The van der Waals surface area contributed by atoms with Gasteiger partial charge in [0, 0.05) is 13.6 Å². The molecule has 114 valence electrons. The third kappa shape index (κ3) is 3.26. The third-order valence-electron chi connectivity index (χ3n) is 3.00. The molecule has 21 heavy (non-hydrogen) atoms. The fraction of sp³-hybridized carbons (Fsp3) is 0.333. The average molecular weight is 313 g/mol. The molecule has 0 aliphatic heterocycles. The Morgan fingerprint density at radius 1 is 1.48 bits per heavy atom. The van der Waals surface area contributed by atoms with Crippen LogP contribution < -0.4 is 10.5 Å². The molecule has 0 bridgehead atoms. The zero-order valence-electron chi connectivity index (χ0n) is 11.6. The van der Waals surface area contributed by atoms with Crippen molar-refractivity contribution in [1.82, 2.24) is 19.5 Å². The second-order valence-electron chi connectivity index (χ2n) is 4.60. The molecule has 0 radical (unpaired) electrons. The summed E-state index contributed by atoms with van der Waals surface area (Å²) in [5.74, 6) is -0.192. The first-order chi connectivity index (χ1) is 9.85. The molecule has 1 aromatic carbocycles. The molecule has 0 saturated heterocycles. The van der Waals surface area contributed by atoms with Gasteiger partial charge in [-0.25, -0.2) is 17.5 Å². The number of nitrogens with one attached hydrogen (secondary N) is 1. The van der Waals surface area contributed by atoms with E-state index in [2.05, 4.69) is 14.9 Å². The number of nitrogens with zero attached hydrogens (tertiary/aromatic N) is 3. The first-order valence-electron chi connectivity index (χ1n) is 6.20. The van der Waals surface area contributed by atoms with Crippen molar-refractivity contribution < 1.29 is 12.8 Å². The molecular formula is C12H16FN5O2S. The van der Waals surface area contributed by atoms with E-state index >= 15 is 0 Å². The zero-order valence-corrected chi connectivity index (χ0v) is 12.4. The number of benzene rings is 1. The monoisotopic (exact) mass is 313 g/mol. The molecule has 0 spiro atoms. The van der Waals surface area contributed by atoms with E-state index in [4.69, 9.17) is 5.73 Å². The van der Waals surface area contributed by atoms with E-state index in [0.717, 1.165) is 6.07 Å². The summed E-state index contributed by atoms with van der Waals surface area (Å²) >= 11 is 0. The summed E-state index contributed by atoms with van der Waals surface area (Å²) < 4.78 is 42.2.